The van der Waals surface area contributed by atoms with Gasteiger partial charge in [-0.3, -0.25) is 0 Å². The Balaban J connectivity index is 2.39. The summed E-state index contributed by atoms with van der Waals surface area (Å²) in [4.78, 5) is 0. The van der Waals surface area contributed by atoms with Crippen LogP contribution in [0.1, 0.15) is 26.3 Å². The molecule has 1 aromatic carbocycles. The van der Waals surface area contributed by atoms with Crippen LogP contribution in [0.25, 0.3) is 0 Å². The van der Waals surface area contributed by atoms with Crippen molar-refractivity contribution in [3.63, 3.8) is 0 Å². The Morgan fingerprint density at radius 2 is 1.88 bits per heavy atom. The Hall–Kier alpha value is -1.33. The summed E-state index contributed by atoms with van der Waals surface area (Å²) in [5.41, 5.74) is 1.30. The summed E-state index contributed by atoms with van der Waals surface area (Å²) in [5.74, 6) is 0.0520. The molecule has 0 saturated heterocycles. The van der Waals surface area contributed by atoms with Crippen LogP contribution >= 0.6 is 0 Å². The van der Waals surface area contributed by atoms with Crippen molar-refractivity contribution in [2.45, 2.75) is 27.3 Å². The molecular formula is C14H20N2. The van der Waals surface area contributed by atoms with Crippen molar-refractivity contribution in [2.75, 3.05) is 6.54 Å². The Kier molecular flexibility index (Phi) is 4.52. The first-order valence-corrected chi connectivity index (χ1v) is 5.68. The number of benzene rings is 1. The predicted molar refractivity (Wildman–Crippen MR) is 66.7 cm³/mol. The highest BCUT2D eigenvalue weighted by Gasteiger charge is 2.23. The molecule has 1 rings (SSSR count). The van der Waals surface area contributed by atoms with Crippen LogP contribution in [0.5, 0.6) is 0 Å². The molecule has 16 heavy (non-hydrogen) atoms. The lowest BCUT2D eigenvalue weighted by molar-refractivity contribution is 0.290. The van der Waals surface area contributed by atoms with Crippen LogP contribution in [0.2, 0.25) is 0 Å². The maximum absolute atomic E-state index is 9.07. The quantitative estimate of drug-likeness (QED) is 0.840. The van der Waals surface area contributed by atoms with Crippen molar-refractivity contribution in [2.24, 2.45) is 11.3 Å². The Morgan fingerprint density at radius 3 is 2.38 bits per heavy atom. The number of hydrogen-bond donors (Lipinski definition) is 1. The second-order valence-electron chi connectivity index (χ2n) is 5.16. The molecule has 0 aliphatic heterocycles. The van der Waals surface area contributed by atoms with E-state index in [-0.39, 0.29) is 11.3 Å². The predicted octanol–water partition coefficient (Wildman–Crippen LogP) is 2.96. The van der Waals surface area contributed by atoms with Crippen LogP contribution < -0.4 is 5.32 Å². The SMILES string of the molecule is CC(C)(C)C(C#N)CNCc1ccccc1. The molecule has 1 aromatic rings. The first-order chi connectivity index (χ1) is 7.54. The summed E-state index contributed by atoms with van der Waals surface area (Å²) in [6, 6.07) is 12.6. The topological polar surface area (TPSA) is 35.8 Å². The zero-order valence-electron chi connectivity index (χ0n) is 10.3. The second kappa shape index (κ2) is 5.67. The van der Waals surface area contributed by atoms with Crippen LogP contribution in [0, 0.1) is 22.7 Å². The van der Waals surface area contributed by atoms with Crippen LogP contribution in [-0.4, -0.2) is 6.54 Å². The molecule has 0 bridgehead atoms. The number of nitrogens with one attached hydrogen (secondary N) is 1. The number of nitrogens with zero attached hydrogens (tertiary/aromatic N) is 1. The molecule has 0 aromatic heterocycles. The number of nitriles is 1. The van der Waals surface area contributed by atoms with Gasteiger partial charge in [0.25, 0.3) is 0 Å². The van der Waals surface area contributed by atoms with Gasteiger partial charge >= 0.3 is 0 Å². The Labute approximate surface area is 98.3 Å². The third-order valence-corrected chi connectivity index (χ3v) is 2.72. The van der Waals surface area contributed by atoms with Gasteiger partial charge in [0.05, 0.1) is 12.0 Å². The van der Waals surface area contributed by atoms with E-state index in [1.807, 2.05) is 18.2 Å². The zero-order valence-corrected chi connectivity index (χ0v) is 10.3. The van der Waals surface area contributed by atoms with Gasteiger partial charge in [-0.2, -0.15) is 5.26 Å². The molecule has 1 unspecified atom stereocenters. The number of rotatable bonds is 4. The summed E-state index contributed by atoms with van der Waals surface area (Å²) in [6.07, 6.45) is 0. The van der Waals surface area contributed by atoms with E-state index < -0.39 is 0 Å². The molecular weight excluding hydrogens is 196 g/mol. The van der Waals surface area contributed by atoms with Crippen molar-refractivity contribution >= 4 is 0 Å². The third-order valence-electron chi connectivity index (χ3n) is 2.72. The average Bonchev–Trinajstić information content (AvgIpc) is 2.24. The van der Waals surface area contributed by atoms with Crippen LogP contribution in [0.15, 0.2) is 30.3 Å². The summed E-state index contributed by atoms with van der Waals surface area (Å²) in [6.45, 7) is 7.88. The molecule has 0 aliphatic rings. The van der Waals surface area contributed by atoms with E-state index in [0.29, 0.717) is 0 Å². The van der Waals surface area contributed by atoms with Crippen molar-refractivity contribution in [3.05, 3.63) is 35.9 Å². The largest absolute Gasteiger partial charge is 0.311 e. The Bertz CT molecular complexity index is 343. The molecule has 1 atom stereocenters. The molecule has 86 valence electrons. The highest BCUT2D eigenvalue weighted by molar-refractivity contribution is 5.14. The minimum atomic E-state index is 0.0401. The van der Waals surface area contributed by atoms with E-state index in [1.54, 1.807) is 0 Å². The van der Waals surface area contributed by atoms with E-state index in [4.69, 9.17) is 5.26 Å². The molecule has 0 radical (unpaired) electrons. The standard InChI is InChI=1S/C14H20N2/c1-14(2,3)13(9-15)11-16-10-12-7-5-4-6-8-12/h4-8,13,16H,10-11H2,1-3H3. The van der Waals surface area contributed by atoms with Gasteiger partial charge in [0, 0.05) is 13.1 Å². The number of hydrogen-bond acceptors (Lipinski definition) is 2. The van der Waals surface area contributed by atoms with Crippen molar-refractivity contribution < 1.29 is 0 Å². The van der Waals surface area contributed by atoms with Gasteiger partial charge in [-0.1, -0.05) is 51.1 Å². The van der Waals surface area contributed by atoms with E-state index in [1.165, 1.54) is 5.56 Å². The fraction of sp³-hybridized carbons (Fsp3) is 0.500. The molecule has 0 fully saturated rings. The van der Waals surface area contributed by atoms with Crippen molar-refractivity contribution in [3.8, 4) is 6.07 Å². The maximum Gasteiger partial charge on any atom is 0.0674 e. The third kappa shape index (κ3) is 4.04. The maximum atomic E-state index is 9.07. The Morgan fingerprint density at radius 1 is 1.25 bits per heavy atom. The summed E-state index contributed by atoms with van der Waals surface area (Å²) < 4.78 is 0. The van der Waals surface area contributed by atoms with Crippen LogP contribution in [-0.2, 0) is 6.54 Å². The minimum Gasteiger partial charge on any atom is -0.311 e. The van der Waals surface area contributed by atoms with Crippen LogP contribution in [0.4, 0.5) is 0 Å². The lowest BCUT2D eigenvalue weighted by Gasteiger charge is -2.24. The highest BCUT2D eigenvalue weighted by Crippen LogP contribution is 2.24. The van der Waals surface area contributed by atoms with Crippen molar-refractivity contribution in [1.82, 2.24) is 5.32 Å². The lowest BCUT2D eigenvalue weighted by atomic mass is 9.82. The van der Waals surface area contributed by atoms with Gasteiger partial charge in [0.2, 0.25) is 0 Å². The fourth-order valence-corrected chi connectivity index (χ4v) is 1.50. The summed E-state index contributed by atoms with van der Waals surface area (Å²) in [5, 5.41) is 12.4. The minimum absolute atomic E-state index is 0.0401. The van der Waals surface area contributed by atoms with Crippen LogP contribution in [0.3, 0.4) is 0 Å². The molecule has 0 saturated carbocycles. The second-order valence-corrected chi connectivity index (χ2v) is 5.16. The van der Waals surface area contributed by atoms with Crippen molar-refractivity contribution in [1.29, 1.82) is 5.26 Å². The zero-order chi connectivity index (χ0) is 12.0. The molecule has 1 N–H and O–H groups in total. The molecule has 2 nitrogen and oxygen atoms in total. The molecule has 0 heterocycles. The van der Waals surface area contributed by atoms with Gasteiger partial charge in [0.15, 0.2) is 0 Å². The fourth-order valence-electron chi connectivity index (χ4n) is 1.50. The molecule has 2 heteroatoms. The normalized spacial score (nSPS) is 13.1. The molecule has 0 amide bonds. The highest BCUT2D eigenvalue weighted by atomic mass is 14.9. The smallest absolute Gasteiger partial charge is 0.0674 e. The first kappa shape index (κ1) is 12.7. The van der Waals surface area contributed by atoms with E-state index in [9.17, 15) is 0 Å². The van der Waals surface area contributed by atoms with Gasteiger partial charge in [0.1, 0.15) is 0 Å². The molecule has 0 aliphatic carbocycles. The van der Waals surface area contributed by atoms with Gasteiger partial charge in [-0.05, 0) is 11.0 Å². The summed E-state index contributed by atoms with van der Waals surface area (Å²) in [7, 11) is 0. The first-order valence-electron chi connectivity index (χ1n) is 5.68. The summed E-state index contributed by atoms with van der Waals surface area (Å²) >= 11 is 0. The lowest BCUT2D eigenvalue weighted by Crippen LogP contribution is -2.30. The van der Waals surface area contributed by atoms with E-state index in [2.05, 4.69) is 44.3 Å². The van der Waals surface area contributed by atoms with Gasteiger partial charge in [-0.15, -0.1) is 0 Å². The average molecular weight is 216 g/mol. The van der Waals surface area contributed by atoms with Gasteiger partial charge in [-0.25, -0.2) is 0 Å². The molecule has 0 spiro atoms. The van der Waals surface area contributed by atoms with E-state index >= 15 is 0 Å². The monoisotopic (exact) mass is 216 g/mol. The van der Waals surface area contributed by atoms with E-state index in [0.717, 1.165) is 13.1 Å². The van der Waals surface area contributed by atoms with Gasteiger partial charge < -0.3 is 5.32 Å².